The minimum atomic E-state index is -0.600. The summed E-state index contributed by atoms with van der Waals surface area (Å²) < 4.78 is 0. The molecule has 0 saturated heterocycles. The monoisotopic (exact) mass is 306 g/mol. The molecule has 0 aliphatic rings. The second-order valence-corrected chi connectivity index (χ2v) is 1.24. The van der Waals surface area contributed by atoms with Crippen molar-refractivity contribution in [1.82, 2.24) is 9.97 Å². The Kier molecular flexibility index (Phi) is 3.17. The SMILES string of the molecule is O=c1ccnc([O-])[nH]1.[Pt]. The summed E-state index contributed by atoms with van der Waals surface area (Å²) in [6.07, 6.45) is 1.17. The van der Waals surface area contributed by atoms with Crippen molar-refractivity contribution in [3.05, 3.63) is 22.6 Å². The Hall–Kier alpha value is -0.632. The number of aromatic nitrogens is 2. The average Bonchev–Trinajstić information content (AvgIpc) is 1.64. The summed E-state index contributed by atoms with van der Waals surface area (Å²) in [5.74, 6) is 0. The van der Waals surface area contributed by atoms with Gasteiger partial charge in [0.25, 0.3) is 0 Å². The van der Waals surface area contributed by atoms with E-state index in [0.717, 1.165) is 0 Å². The molecule has 0 unspecified atom stereocenters. The topological polar surface area (TPSA) is 68.8 Å². The summed E-state index contributed by atoms with van der Waals surface area (Å²) in [4.78, 5) is 15.4. The molecule has 0 spiro atoms. The summed E-state index contributed by atoms with van der Waals surface area (Å²) >= 11 is 0. The fourth-order valence-electron chi connectivity index (χ4n) is 0.352. The molecule has 1 heterocycles. The van der Waals surface area contributed by atoms with Crippen LogP contribution >= 0.6 is 0 Å². The molecule has 0 aliphatic carbocycles. The summed E-state index contributed by atoms with van der Waals surface area (Å²) in [7, 11) is 0. The molecule has 0 bridgehead atoms. The van der Waals surface area contributed by atoms with E-state index in [4.69, 9.17) is 0 Å². The average molecular weight is 306 g/mol. The second kappa shape index (κ2) is 3.40. The Morgan fingerprint density at radius 1 is 1.67 bits per heavy atom. The van der Waals surface area contributed by atoms with Crippen LogP contribution in [0.15, 0.2) is 17.1 Å². The molecule has 9 heavy (non-hydrogen) atoms. The maximum absolute atomic E-state index is 10.2. The fraction of sp³-hybridized carbons (Fsp3) is 0. The number of nitrogens with one attached hydrogen (secondary N) is 1. The van der Waals surface area contributed by atoms with Crippen LogP contribution in [0.3, 0.4) is 0 Å². The van der Waals surface area contributed by atoms with E-state index < -0.39 is 11.6 Å². The van der Waals surface area contributed by atoms with E-state index in [1.165, 1.54) is 12.3 Å². The van der Waals surface area contributed by atoms with Gasteiger partial charge in [-0.15, -0.1) is 0 Å². The summed E-state index contributed by atoms with van der Waals surface area (Å²) in [6, 6.07) is 0.582. The van der Waals surface area contributed by atoms with Gasteiger partial charge in [0.05, 0.1) is 6.01 Å². The number of hydrogen-bond acceptors (Lipinski definition) is 3. The second-order valence-electron chi connectivity index (χ2n) is 1.24. The van der Waals surface area contributed by atoms with Gasteiger partial charge < -0.3 is 10.1 Å². The van der Waals surface area contributed by atoms with Crippen LogP contribution in [0.25, 0.3) is 0 Å². The molecule has 0 atom stereocenters. The van der Waals surface area contributed by atoms with Gasteiger partial charge in [-0.25, -0.2) is 0 Å². The minimum absolute atomic E-state index is 0. The van der Waals surface area contributed by atoms with E-state index in [0.29, 0.717) is 0 Å². The maximum atomic E-state index is 10.2. The molecule has 1 N–H and O–H groups in total. The van der Waals surface area contributed by atoms with E-state index >= 15 is 0 Å². The first-order chi connectivity index (χ1) is 3.79. The molecule has 0 aromatic carbocycles. The zero-order valence-corrected chi connectivity index (χ0v) is 6.51. The van der Waals surface area contributed by atoms with E-state index in [2.05, 4.69) is 4.98 Å². The van der Waals surface area contributed by atoms with Crippen LogP contribution in [0.1, 0.15) is 0 Å². The van der Waals surface area contributed by atoms with Crippen LogP contribution < -0.4 is 10.7 Å². The van der Waals surface area contributed by atoms with E-state index in [-0.39, 0.29) is 21.1 Å². The third kappa shape index (κ3) is 2.42. The third-order valence-corrected chi connectivity index (χ3v) is 0.648. The van der Waals surface area contributed by atoms with Gasteiger partial charge in [-0.05, 0) is 0 Å². The number of H-pyrrole nitrogens is 1. The molecule has 0 amide bonds. The smallest absolute Gasteiger partial charge is 0.250 e. The van der Waals surface area contributed by atoms with Crippen molar-refractivity contribution in [2.75, 3.05) is 0 Å². The van der Waals surface area contributed by atoms with Crippen LogP contribution in [-0.2, 0) is 21.1 Å². The molecule has 1 aromatic rings. The molecule has 52 valence electrons. The summed E-state index contributed by atoms with van der Waals surface area (Å²) in [5, 5.41) is 10.1. The molecule has 5 heteroatoms. The third-order valence-electron chi connectivity index (χ3n) is 0.648. The Bertz CT molecular complexity index is 234. The Labute approximate surface area is 65.2 Å². The molecule has 0 radical (unpaired) electrons. The van der Waals surface area contributed by atoms with Crippen LogP contribution in [0.4, 0.5) is 0 Å². The predicted octanol–water partition coefficient (Wildman–Crippen LogP) is -1.16. The Morgan fingerprint density at radius 3 is 2.67 bits per heavy atom. The van der Waals surface area contributed by atoms with Gasteiger partial charge in [0.15, 0.2) is 0 Å². The van der Waals surface area contributed by atoms with E-state index in [1.54, 1.807) is 0 Å². The van der Waals surface area contributed by atoms with Gasteiger partial charge in [-0.1, -0.05) is 0 Å². The predicted molar refractivity (Wildman–Crippen MR) is 24.3 cm³/mol. The number of rotatable bonds is 0. The van der Waals surface area contributed by atoms with Crippen molar-refractivity contribution in [2.24, 2.45) is 0 Å². The van der Waals surface area contributed by atoms with Gasteiger partial charge in [0, 0.05) is 33.3 Å². The van der Waals surface area contributed by atoms with Crippen LogP contribution in [0, 0.1) is 0 Å². The van der Waals surface area contributed by atoms with Crippen molar-refractivity contribution in [3.63, 3.8) is 0 Å². The number of nitrogens with zero attached hydrogens (tertiary/aromatic N) is 1. The van der Waals surface area contributed by atoms with Crippen molar-refractivity contribution in [2.45, 2.75) is 0 Å². The van der Waals surface area contributed by atoms with Crippen LogP contribution in [0.5, 0.6) is 6.01 Å². The largest absolute Gasteiger partial charge is 0.846 e. The molecule has 0 fully saturated rings. The van der Waals surface area contributed by atoms with E-state index in [9.17, 15) is 9.90 Å². The molecule has 0 saturated carbocycles. The molecular formula is C4H3N2O2Pt-. The first kappa shape index (κ1) is 8.37. The van der Waals surface area contributed by atoms with Gasteiger partial charge in [0.2, 0.25) is 5.56 Å². The summed E-state index contributed by atoms with van der Waals surface area (Å²) in [5.41, 5.74) is -0.412. The molecule has 1 rings (SSSR count). The van der Waals surface area contributed by atoms with Gasteiger partial charge in [-0.2, -0.15) is 0 Å². The van der Waals surface area contributed by atoms with Crippen molar-refractivity contribution in [3.8, 4) is 6.01 Å². The first-order valence-electron chi connectivity index (χ1n) is 2.01. The zero-order valence-electron chi connectivity index (χ0n) is 4.23. The molecule has 1 aromatic heterocycles. The van der Waals surface area contributed by atoms with Crippen LogP contribution in [-0.4, -0.2) is 9.97 Å². The normalized spacial score (nSPS) is 8.00. The van der Waals surface area contributed by atoms with Gasteiger partial charge in [-0.3, -0.25) is 9.78 Å². The van der Waals surface area contributed by atoms with Crippen molar-refractivity contribution in [1.29, 1.82) is 0 Å². The minimum Gasteiger partial charge on any atom is -0.846 e. The Balaban J connectivity index is 0.000000640. The van der Waals surface area contributed by atoms with Crippen molar-refractivity contribution < 1.29 is 26.2 Å². The molecule has 4 nitrogen and oxygen atoms in total. The number of aromatic amines is 1. The van der Waals surface area contributed by atoms with Gasteiger partial charge in [0.1, 0.15) is 0 Å². The first-order valence-corrected chi connectivity index (χ1v) is 2.01. The molecule has 0 aliphatic heterocycles. The quantitative estimate of drug-likeness (QED) is 0.657. The zero-order chi connectivity index (χ0) is 5.98. The fourth-order valence-corrected chi connectivity index (χ4v) is 0.352. The standard InChI is InChI=1S/C4H4N2O2.Pt/c7-3-1-2-5-4(8)6-3;/h1-2H,(H2,5,6,7,8);/p-1. The summed E-state index contributed by atoms with van der Waals surface area (Å²) in [6.45, 7) is 0. The Morgan fingerprint density at radius 2 is 2.33 bits per heavy atom. The molecular weight excluding hydrogens is 303 g/mol. The number of hydrogen-bond donors (Lipinski definition) is 1. The van der Waals surface area contributed by atoms with E-state index in [1.807, 2.05) is 4.98 Å². The van der Waals surface area contributed by atoms with Gasteiger partial charge >= 0.3 is 0 Å². The van der Waals surface area contributed by atoms with Crippen molar-refractivity contribution >= 4 is 0 Å². The van der Waals surface area contributed by atoms with Crippen LogP contribution in [0.2, 0.25) is 0 Å². The maximum Gasteiger partial charge on any atom is 0.250 e.